The van der Waals surface area contributed by atoms with Crippen LogP contribution in [0.2, 0.25) is 0 Å². The van der Waals surface area contributed by atoms with E-state index in [1.807, 2.05) is 0 Å². The fraction of sp³-hybridized carbons (Fsp3) is 0.632. The zero-order valence-electron chi connectivity index (χ0n) is 15.0. The van der Waals surface area contributed by atoms with Crippen LogP contribution in [-0.4, -0.2) is 24.7 Å². The van der Waals surface area contributed by atoms with E-state index in [1.165, 1.54) is 31.4 Å². The van der Waals surface area contributed by atoms with Crippen LogP contribution in [0.1, 0.15) is 51.0 Å². The Balaban J connectivity index is 2.03. The lowest BCUT2D eigenvalue weighted by Gasteiger charge is -2.28. The average Bonchev–Trinajstić information content (AvgIpc) is 2.59. The molecule has 0 saturated heterocycles. The van der Waals surface area contributed by atoms with Crippen LogP contribution in [0.4, 0.5) is 18.9 Å². The summed E-state index contributed by atoms with van der Waals surface area (Å²) in [5.74, 6) is -0.0300. The van der Waals surface area contributed by atoms with E-state index in [0.29, 0.717) is 18.9 Å². The van der Waals surface area contributed by atoms with Crippen LogP contribution < -0.4 is 11.1 Å². The van der Waals surface area contributed by atoms with Gasteiger partial charge in [0, 0.05) is 18.3 Å². The molecular weight excluding hydrogens is 345 g/mol. The van der Waals surface area contributed by atoms with Gasteiger partial charge in [-0.1, -0.05) is 38.2 Å². The van der Waals surface area contributed by atoms with Crippen LogP contribution in [0.25, 0.3) is 0 Å². The maximum Gasteiger partial charge on any atom is 0.416 e. The number of carbonyl (C=O) groups is 1. The molecule has 3 N–H and O–H groups in total. The molecule has 26 heavy (non-hydrogen) atoms. The third kappa shape index (κ3) is 5.99. The van der Waals surface area contributed by atoms with E-state index in [9.17, 15) is 18.0 Å². The number of alkyl halides is 3. The first-order valence-electron chi connectivity index (χ1n) is 9.16. The van der Waals surface area contributed by atoms with Crippen molar-refractivity contribution in [3.8, 4) is 0 Å². The number of rotatable bonds is 7. The lowest BCUT2D eigenvalue weighted by molar-refractivity contribution is -0.137. The number of hydrogen-bond acceptors (Lipinski definition) is 3. The number of nitrogens with two attached hydrogens (primary N) is 1. The molecule has 1 aliphatic rings. The summed E-state index contributed by atoms with van der Waals surface area (Å²) in [4.78, 5) is 12.5. The summed E-state index contributed by atoms with van der Waals surface area (Å²) in [5, 5.41) is 2.51. The van der Waals surface area contributed by atoms with Gasteiger partial charge in [-0.25, -0.2) is 0 Å². The Bertz CT molecular complexity index is 586. The second-order valence-corrected chi connectivity index (χ2v) is 6.85. The van der Waals surface area contributed by atoms with Gasteiger partial charge in [-0.2, -0.15) is 13.2 Å². The highest BCUT2D eigenvalue weighted by atomic mass is 19.4. The highest BCUT2D eigenvalue weighted by molar-refractivity contribution is 5.94. The summed E-state index contributed by atoms with van der Waals surface area (Å²) in [5.41, 5.74) is 5.50. The molecule has 2 rings (SSSR count). The van der Waals surface area contributed by atoms with Gasteiger partial charge in [0.2, 0.25) is 0 Å². The molecule has 1 aromatic rings. The van der Waals surface area contributed by atoms with E-state index >= 15 is 0 Å². The Hall–Kier alpha value is -1.60. The summed E-state index contributed by atoms with van der Waals surface area (Å²) >= 11 is 0. The summed E-state index contributed by atoms with van der Waals surface area (Å²) in [6.07, 6.45) is 1.12. The molecule has 0 bridgehead atoms. The van der Waals surface area contributed by atoms with Gasteiger partial charge in [0.1, 0.15) is 0 Å². The number of carbonyl (C=O) groups excluding carboxylic acids is 1. The number of hydrogen-bond donors (Lipinski definition) is 2. The zero-order chi connectivity index (χ0) is 19.2. The first-order chi connectivity index (χ1) is 12.3. The van der Waals surface area contributed by atoms with Gasteiger partial charge in [-0.3, -0.25) is 4.79 Å². The first-order valence-corrected chi connectivity index (χ1v) is 9.16. The average molecular weight is 372 g/mol. The van der Waals surface area contributed by atoms with Crippen LogP contribution >= 0.6 is 0 Å². The van der Waals surface area contributed by atoms with Crippen molar-refractivity contribution in [2.24, 2.45) is 11.7 Å². The number of anilines is 1. The molecular formula is C19H27F3N2O2. The number of benzene rings is 1. The molecule has 1 saturated carbocycles. The molecule has 0 radical (unpaired) electrons. The van der Waals surface area contributed by atoms with E-state index in [2.05, 4.69) is 5.32 Å². The molecule has 2 atom stereocenters. The minimum Gasteiger partial charge on any atom is -0.367 e. The summed E-state index contributed by atoms with van der Waals surface area (Å²) in [7, 11) is 0. The third-order valence-corrected chi connectivity index (χ3v) is 4.78. The number of ether oxygens (including phenoxy) is 1. The SMILES string of the molecule is CCOC(C(=O)Nc1cccc(C(F)(F)F)c1)[C@H](N)CC1CCCCC1. The molecule has 1 aromatic carbocycles. The van der Waals surface area contributed by atoms with Crippen molar-refractivity contribution < 1.29 is 22.7 Å². The Morgan fingerprint density at radius 3 is 2.62 bits per heavy atom. The van der Waals surface area contributed by atoms with E-state index in [1.54, 1.807) is 6.92 Å². The van der Waals surface area contributed by atoms with Crippen LogP contribution in [-0.2, 0) is 15.7 Å². The van der Waals surface area contributed by atoms with E-state index in [-0.39, 0.29) is 5.69 Å². The van der Waals surface area contributed by atoms with Crippen molar-refractivity contribution in [2.75, 3.05) is 11.9 Å². The van der Waals surface area contributed by atoms with Crippen molar-refractivity contribution in [3.63, 3.8) is 0 Å². The van der Waals surface area contributed by atoms with Gasteiger partial charge in [0.25, 0.3) is 5.91 Å². The molecule has 146 valence electrons. The second kappa shape index (κ2) is 9.37. The van der Waals surface area contributed by atoms with Crippen molar-refractivity contribution >= 4 is 11.6 Å². The smallest absolute Gasteiger partial charge is 0.367 e. The largest absolute Gasteiger partial charge is 0.416 e. The fourth-order valence-electron chi connectivity index (χ4n) is 3.49. The lowest BCUT2D eigenvalue weighted by atomic mass is 9.84. The minimum atomic E-state index is -4.46. The van der Waals surface area contributed by atoms with Crippen molar-refractivity contribution in [1.82, 2.24) is 0 Å². The first kappa shape index (κ1) is 20.7. The minimum absolute atomic E-state index is 0.0828. The van der Waals surface area contributed by atoms with Gasteiger partial charge in [0.05, 0.1) is 5.56 Å². The molecule has 4 nitrogen and oxygen atoms in total. The van der Waals surface area contributed by atoms with Gasteiger partial charge in [-0.15, -0.1) is 0 Å². The van der Waals surface area contributed by atoms with Gasteiger partial charge >= 0.3 is 6.18 Å². The Morgan fingerprint density at radius 2 is 2.00 bits per heavy atom. The summed E-state index contributed by atoms with van der Waals surface area (Å²) in [6.45, 7) is 2.07. The molecule has 1 unspecified atom stereocenters. The van der Waals surface area contributed by atoms with Crippen LogP contribution in [0.5, 0.6) is 0 Å². The molecule has 0 aromatic heterocycles. The molecule has 1 amide bonds. The van der Waals surface area contributed by atoms with Crippen molar-refractivity contribution in [1.29, 1.82) is 0 Å². The monoisotopic (exact) mass is 372 g/mol. The fourth-order valence-corrected chi connectivity index (χ4v) is 3.49. The molecule has 0 spiro atoms. The standard InChI is InChI=1S/C19H27F3N2O2/c1-2-26-17(16(23)11-13-7-4-3-5-8-13)18(25)24-15-10-6-9-14(12-15)19(20,21)22/h6,9-10,12-13,16-17H,2-5,7-8,11,23H2,1H3,(H,24,25)/t16-,17?/m1/s1. The van der Waals surface area contributed by atoms with E-state index in [4.69, 9.17) is 10.5 Å². The molecule has 0 heterocycles. The lowest BCUT2D eigenvalue weighted by Crippen LogP contribution is -2.46. The molecule has 1 fully saturated rings. The zero-order valence-corrected chi connectivity index (χ0v) is 15.0. The van der Waals surface area contributed by atoms with Gasteiger partial charge < -0.3 is 15.8 Å². The normalized spacial score (nSPS) is 18.3. The number of halogens is 3. The van der Waals surface area contributed by atoms with Crippen molar-refractivity contribution in [2.45, 2.75) is 63.8 Å². The highest BCUT2D eigenvalue weighted by Gasteiger charge is 2.32. The predicted molar refractivity (Wildman–Crippen MR) is 94.7 cm³/mol. The van der Waals surface area contributed by atoms with Crippen LogP contribution in [0, 0.1) is 5.92 Å². The van der Waals surface area contributed by atoms with E-state index < -0.39 is 29.8 Å². The number of amides is 1. The van der Waals surface area contributed by atoms with Gasteiger partial charge in [0.15, 0.2) is 6.10 Å². The van der Waals surface area contributed by atoms with Crippen LogP contribution in [0.3, 0.4) is 0 Å². The maximum atomic E-state index is 12.8. The molecule has 1 aliphatic carbocycles. The quantitative estimate of drug-likeness (QED) is 0.748. The number of nitrogens with one attached hydrogen (secondary N) is 1. The molecule has 7 heteroatoms. The Kier molecular flexibility index (Phi) is 7.46. The predicted octanol–water partition coefficient (Wildman–Crippen LogP) is 4.35. The highest BCUT2D eigenvalue weighted by Crippen LogP contribution is 2.31. The van der Waals surface area contributed by atoms with Gasteiger partial charge in [-0.05, 0) is 37.5 Å². The van der Waals surface area contributed by atoms with Crippen molar-refractivity contribution in [3.05, 3.63) is 29.8 Å². The maximum absolute atomic E-state index is 12.8. The summed E-state index contributed by atoms with van der Waals surface area (Å²) < 4.78 is 44.0. The summed E-state index contributed by atoms with van der Waals surface area (Å²) in [6, 6.07) is 4.07. The Labute approximate surface area is 152 Å². The van der Waals surface area contributed by atoms with E-state index in [0.717, 1.165) is 25.0 Å². The Morgan fingerprint density at radius 1 is 1.31 bits per heavy atom. The third-order valence-electron chi connectivity index (χ3n) is 4.78. The second-order valence-electron chi connectivity index (χ2n) is 6.85. The van der Waals surface area contributed by atoms with Crippen LogP contribution in [0.15, 0.2) is 24.3 Å². The molecule has 0 aliphatic heterocycles. The topological polar surface area (TPSA) is 64.3 Å².